The Kier molecular flexibility index (Phi) is 3.66. The Bertz CT molecular complexity index is 604. The van der Waals surface area contributed by atoms with Crippen LogP contribution < -0.4 is 10.5 Å². The number of ether oxygens (including phenoxy) is 1. The van der Waals surface area contributed by atoms with E-state index in [1.54, 1.807) is 36.3 Å². The Morgan fingerprint density at radius 1 is 1.47 bits per heavy atom. The Labute approximate surface area is 112 Å². The van der Waals surface area contributed by atoms with Crippen LogP contribution in [0.1, 0.15) is 27.5 Å². The fourth-order valence-corrected chi connectivity index (χ4v) is 1.93. The molecule has 2 rings (SSSR count). The Balaban J connectivity index is 2.36. The molecule has 1 heterocycles. The number of Topliss-reactive ketones (excluding diaryl/α,β-unsaturated/α-hetero) is 1. The average Bonchev–Trinajstić information content (AvgIpc) is 2.83. The molecule has 1 aromatic heterocycles. The van der Waals surface area contributed by atoms with Crippen molar-refractivity contribution in [3.8, 4) is 5.75 Å². The van der Waals surface area contributed by atoms with Crippen LogP contribution in [0.3, 0.4) is 0 Å². The highest BCUT2D eigenvalue weighted by atomic mass is 16.5. The van der Waals surface area contributed by atoms with Crippen molar-refractivity contribution >= 4 is 5.78 Å². The fraction of sp³-hybridized carbons (Fsp3) is 0.286. The van der Waals surface area contributed by atoms with Crippen molar-refractivity contribution in [1.82, 2.24) is 9.78 Å². The van der Waals surface area contributed by atoms with Crippen molar-refractivity contribution in [2.45, 2.75) is 13.0 Å². The summed E-state index contributed by atoms with van der Waals surface area (Å²) in [6, 6.07) is 4.73. The summed E-state index contributed by atoms with van der Waals surface area (Å²) in [5.41, 5.74) is 8.18. The number of hydrogen-bond acceptors (Lipinski definition) is 4. The van der Waals surface area contributed by atoms with Crippen LogP contribution in [0.2, 0.25) is 0 Å². The van der Waals surface area contributed by atoms with Crippen LogP contribution in [-0.4, -0.2) is 22.7 Å². The highest BCUT2D eigenvalue weighted by molar-refractivity contribution is 6.02. The van der Waals surface area contributed by atoms with Gasteiger partial charge in [-0.15, -0.1) is 0 Å². The second-order valence-corrected chi connectivity index (χ2v) is 4.49. The minimum atomic E-state index is -0.732. The summed E-state index contributed by atoms with van der Waals surface area (Å²) in [6.07, 6.45) is 3.34. The highest BCUT2D eigenvalue weighted by Gasteiger charge is 2.22. The smallest absolute Gasteiger partial charge is 0.187 e. The molecular formula is C14H17N3O2. The van der Waals surface area contributed by atoms with E-state index in [9.17, 15) is 4.79 Å². The SMILES string of the molecule is COc1ccc(C)cc1C(=O)C(N)c1cnn(C)c1. The molecule has 0 fully saturated rings. The zero-order valence-electron chi connectivity index (χ0n) is 11.3. The first-order chi connectivity index (χ1) is 9.02. The summed E-state index contributed by atoms with van der Waals surface area (Å²) < 4.78 is 6.84. The molecule has 0 saturated heterocycles. The molecule has 0 aliphatic rings. The van der Waals surface area contributed by atoms with Crippen LogP contribution in [-0.2, 0) is 7.05 Å². The topological polar surface area (TPSA) is 70.1 Å². The lowest BCUT2D eigenvalue weighted by molar-refractivity contribution is 0.0958. The van der Waals surface area contributed by atoms with E-state index in [0.717, 1.165) is 5.56 Å². The van der Waals surface area contributed by atoms with Crippen LogP contribution in [0.15, 0.2) is 30.6 Å². The number of nitrogens with zero attached hydrogens (tertiary/aromatic N) is 2. The number of hydrogen-bond donors (Lipinski definition) is 1. The lowest BCUT2D eigenvalue weighted by atomic mass is 9.98. The lowest BCUT2D eigenvalue weighted by Gasteiger charge is -2.12. The number of aromatic nitrogens is 2. The molecule has 19 heavy (non-hydrogen) atoms. The standard InChI is InChI=1S/C14H17N3O2/c1-9-4-5-12(19-3)11(6-9)14(18)13(15)10-7-16-17(2)8-10/h4-8,13H,15H2,1-3H3. The van der Waals surface area contributed by atoms with Crippen molar-refractivity contribution < 1.29 is 9.53 Å². The maximum Gasteiger partial charge on any atom is 0.187 e. The Morgan fingerprint density at radius 2 is 2.21 bits per heavy atom. The van der Waals surface area contributed by atoms with Gasteiger partial charge in [-0.25, -0.2) is 0 Å². The van der Waals surface area contributed by atoms with E-state index in [1.165, 1.54) is 7.11 Å². The fourth-order valence-electron chi connectivity index (χ4n) is 1.93. The van der Waals surface area contributed by atoms with Crippen molar-refractivity contribution in [2.75, 3.05) is 7.11 Å². The first-order valence-electron chi connectivity index (χ1n) is 5.96. The molecule has 0 bridgehead atoms. The van der Waals surface area contributed by atoms with Gasteiger partial charge in [-0.2, -0.15) is 5.10 Å². The van der Waals surface area contributed by atoms with Gasteiger partial charge < -0.3 is 10.5 Å². The van der Waals surface area contributed by atoms with E-state index < -0.39 is 6.04 Å². The zero-order valence-corrected chi connectivity index (χ0v) is 11.3. The zero-order chi connectivity index (χ0) is 14.0. The first kappa shape index (κ1) is 13.3. The molecule has 5 heteroatoms. The van der Waals surface area contributed by atoms with E-state index in [1.807, 2.05) is 13.0 Å². The Morgan fingerprint density at radius 3 is 2.79 bits per heavy atom. The van der Waals surface area contributed by atoms with Gasteiger partial charge in [0, 0.05) is 18.8 Å². The van der Waals surface area contributed by atoms with E-state index in [2.05, 4.69) is 5.10 Å². The lowest BCUT2D eigenvalue weighted by Crippen LogP contribution is -2.21. The minimum Gasteiger partial charge on any atom is -0.496 e. The molecular weight excluding hydrogens is 242 g/mol. The van der Waals surface area contributed by atoms with Crippen molar-refractivity contribution in [3.63, 3.8) is 0 Å². The summed E-state index contributed by atoms with van der Waals surface area (Å²) >= 11 is 0. The van der Waals surface area contributed by atoms with Gasteiger partial charge in [0.2, 0.25) is 0 Å². The van der Waals surface area contributed by atoms with Gasteiger partial charge in [0.25, 0.3) is 0 Å². The minimum absolute atomic E-state index is 0.173. The molecule has 0 aliphatic carbocycles. The number of nitrogens with two attached hydrogens (primary N) is 1. The summed E-state index contributed by atoms with van der Waals surface area (Å²) in [5, 5.41) is 4.03. The number of carbonyl (C=O) groups is 1. The molecule has 1 atom stereocenters. The van der Waals surface area contributed by atoms with E-state index in [4.69, 9.17) is 10.5 Å². The number of rotatable bonds is 4. The van der Waals surface area contributed by atoms with E-state index in [-0.39, 0.29) is 5.78 Å². The quantitative estimate of drug-likeness (QED) is 0.847. The van der Waals surface area contributed by atoms with E-state index in [0.29, 0.717) is 16.9 Å². The number of aryl methyl sites for hydroxylation is 2. The largest absolute Gasteiger partial charge is 0.496 e. The maximum atomic E-state index is 12.4. The van der Waals surface area contributed by atoms with Crippen LogP contribution in [0.4, 0.5) is 0 Å². The van der Waals surface area contributed by atoms with E-state index >= 15 is 0 Å². The molecule has 1 unspecified atom stereocenters. The molecule has 5 nitrogen and oxygen atoms in total. The van der Waals surface area contributed by atoms with Gasteiger partial charge in [0.05, 0.1) is 24.9 Å². The van der Waals surface area contributed by atoms with Gasteiger partial charge >= 0.3 is 0 Å². The molecule has 1 aromatic carbocycles. The summed E-state index contributed by atoms with van der Waals surface area (Å²) in [7, 11) is 3.32. The molecule has 0 radical (unpaired) electrons. The number of methoxy groups -OCH3 is 1. The van der Waals surface area contributed by atoms with Crippen LogP contribution >= 0.6 is 0 Å². The number of ketones is 1. The van der Waals surface area contributed by atoms with Crippen LogP contribution in [0.25, 0.3) is 0 Å². The molecule has 0 saturated carbocycles. The molecule has 100 valence electrons. The second-order valence-electron chi connectivity index (χ2n) is 4.49. The monoisotopic (exact) mass is 259 g/mol. The number of carbonyl (C=O) groups excluding carboxylic acids is 1. The predicted octanol–water partition coefficient (Wildman–Crippen LogP) is 1.62. The van der Waals surface area contributed by atoms with Gasteiger partial charge in [-0.05, 0) is 19.1 Å². The van der Waals surface area contributed by atoms with Crippen LogP contribution in [0, 0.1) is 6.92 Å². The summed E-state index contributed by atoms with van der Waals surface area (Å²) in [5.74, 6) is 0.364. The highest BCUT2D eigenvalue weighted by Crippen LogP contribution is 2.24. The number of benzene rings is 1. The summed E-state index contributed by atoms with van der Waals surface area (Å²) in [6.45, 7) is 1.92. The van der Waals surface area contributed by atoms with Crippen molar-refractivity contribution in [3.05, 3.63) is 47.3 Å². The predicted molar refractivity (Wildman–Crippen MR) is 72.2 cm³/mol. The molecule has 2 aromatic rings. The third kappa shape index (κ3) is 2.66. The summed E-state index contributed by atoms with van der Waals surface area (Å²) in [4.78, 5) is 12.4. The second kappa shape index (κ2) is 5.24. The third-order valence-electron chi connectivity index (χ3n) is 2.99. The molecule has 0 amide bonds. The Hall–Kier alpha value is -2.14. The van der Waals surface area contributed by atoms with Gasteiger partial charge in [0.15, 0.2) is 5.78 Å². The third-order valence-corrected chi connectivity index (χ3v) is 2.99. The average molecular weight is 259 g/mol. The van der Waals surface area contributed by atoms with Gasteiger partial charge in [0.1, 0.15) is 5.75 Å². The van der Waals surface area contributed by atoms with Gasteiger partial charge in [-0.3, -0.25) is 9.48 Å². The molecule has 2 N–H and O–H groups in total. The van der Waals surface area contributed by atoms with Crippen molar-refractivity contribution in [2.24, 2.45) is 12.8 Å². The maximum absolute atomic E-state index is 12.4. The van der Waals surface area contributed by atoms with Crippen LogP contribution in [0.5, 0.6) is 5.75 Å². The molecule has 0 spiro atoms. The normalized spacial score (nSPS) is 12.2. The first-order valence-corrected chi connectivity index (χ1v) is 5.96. The van der Waals surface area contributed by atoms with Crippen molar-refractivity contribution in [1.29, 1.82) is 0 Å². The molecule has 0 aliphatic heterocycles. The van der Waals surface area contributed by atoms with Gasteiger partial charge in [-0.1, -0.05) is 11.6 Å².